The summed E-state index contributed by atoms with van der Waals surface area (Å²) >= 11 is -1.22. The molecule has 0 radical (unpaired) electrons. The molecule has 5 heteroatoms. The molecule has 11 atom stereocenters. The Morgan fingerprint density at radius 3 is 2.37 bits per heavy atom. The van der Waals surface area contributed by atoms with Crippen molar-refractivity contribution in [1.29, 1.82) is 0 Å². The SMILES string of the molecule is CC1CC=C(C2=CCC3(C)C(CCC4(C)C3CCC3[C@H]5CCCC5(NCCC5(O)CCC(OS(C)=O)CC5)CC[C@]34C)C2C)CC1. The summed E-state index contributed by atoms with van der Waals surface area (Å²) in [6, 6.07) is 0. The lowest BCUT2D eigenvalue weighted by atomic mass is 9.34. The Morgan fingerprint density at radius 2 is 1.65 bits per heavy atom. The number of aliphatic hydroxyl groups is 1. The highest BCUT2D eigenvalue weighted by atomic mass is 32.2. The Kier molecular flexibility index (Phi) is 9.14. The van der Waals surface area contributed by atoms with Crippen LogP contribution in [-0.2, 0) is 15.3 Å². The first-order valence-corrected chi connectivity index (χ1v) is 21.2. The molecule has 0 aromatic heterocycles. The Labute approximate surface area is 284 Å². The van der Waals surface area contributed by atoms with Gasteiger partial charge in [0.05, 0.1) is 11.7 Å². The van der Waals surface area contributed by atoms with Gasteiger partial charge in [-0.3, -0.25) is 4.18 Å². The lowest BCUT2D eigenvalue weighted by Crippen LogP contribution is -2.67. The molecule has 0 saturated heterocycles. The minimum absolute atomic E-state index is 0.0369. The summed E-state index contributed by atoms with van der Waals surface area (Å²) in [7, 11) is 0. The second-order valence-electron chi connectivity index (χ2n) is 18.7. The first kappa shape index (κ1) is 34.0. The van der Waals surface area contributed by atoms with E-state index in [9.17, 15) is 9.32 Å². The Balaban J connectivity index is 1.04. The zero-order valence-corrected chi connectivity index (χ0v) is 31.1. The Morgan fingerprint density at radius 1 is 0.870 bits per heavy atom. The van der Waals surface area contributed by atoms with Gasteiger partial charge >= 0.3 is 0 Å². The van der Waals surface area contributed by atoms with Crippen molar-refractivity contribution in [3.05, 3.63) is 23.3 Å². The van der Waals surface area contributed by atoms with Crippen molar-refractivity contribution >= 4 is 11.1 Å². The maximum Gasteiger partial charge on any atom is 0.152 e. The van der Waals surface area contributed by atoms with E-state index >= 15 is 0 Å². The fraction of sp³-hybridized carbons (Fsp3) is 0.902. The van der Waals surface area contributed by atoms with Gasteiger partial charge in [-0.05, 0) is 179 Å². The van der Waals surface area contributed by atoms with Crippen LogP contribution in [0.5, 0.6) is 0 Å². The summed E-state index contributed by atoms with van der Waals surface area (Å²) in [6.07, 6.45) is 28.7. The molecule has 5 saturated carbocycles. The lowest BCUT2D eigenvalue weighted by Gasteiger charge is -2.71. The summed E-state index contributed by atoms with van der Waals surface area (Å²) in [5, 5.41) is 15.6. The van der Waals surface area contributed by atoms with Gasteiger partial charge in [-0.25, -0.2) is 4.21 Å². The van der Waals surface area contributed by atoms with Crippen molar-refractivity contribution in [3.8, 4) is 0 Å². The van der Waals surface area contributed by atoms with Crippen molar-refractivity contribution in [1.82, 2.24) is 5.32 Å². The highest BCUT2D eigenvalue weighted by Gasteiger charge is 2.68. The van der Waals surface area contributed by atoms with E-state index in [1.807, 2.05) is 0 Å². The number of rotatable bonds is 7. The second kappa shape index (κ2) is 12.4. The zero-order valence-electron chi connectivity index (χ0n) is 30.3. The van der Waals surface area contributed by atoms with Gasteiger partial charge in [-0.2, -0.15) is 0 Å². The molecule has 0 aliphatic heterocycles. The van der Waals surface area contributed by atoms with Crippen LogP contribution < -0.4 is 5.32 Å². The van der Waals surface area contributed by atoms with Crippen LogP contribution in [0.3, 0.4) is 0 Å². The fourth-order valence-corrected chi connectivity index (χ4v) is 14.6. The second-order valence-corrected chi connectivity index (χ2v) is 19.7. The highest BCUT2D eigenvalue weighted by molar-refractivity contribution is 7.79. The van der Waals surface area contributed by atoms with Crippen molar-refractivity contribution in [2.24, 2.45) is 51.8 Å². The van der Waals surface area contributed by atoms with Gasteiger partial charge in [0.1, 0.15) is 0 Å². The number of hydrogen-bond donors (Lipinski definition) is 2. The molecule has 0 amide bonds. The maximum atomic E-state index is 11.5. The third kappa shape index (κ3) is 5.51. The van der Waals surface area contributed by atoms with Gasteiger partial charge < -0.3 is 10.4 Å². The molecule has 4 nitrogen and oxygen atoms in total. The fourth-order valence-electron chi connectivity index (χ4n) is 14.0. The third-order valence-corrected chi connectivity index (χ3v) is 17.3. The van der Waals surface area contributed by atoms with E-state index in [1.165, 1.54) is 83.5 Å². The molecule has 5 fully saturated rings. The topological polar surface area (TPSA) is 58.6 Å². The van der Waals surface area contributed by atoms with Crippen LogP contribution in [0.2, 0.25) is 0 Å². The molecule has 9 unspecified atom stereocenters. The maximum absolute atomic E-state index is 11.5. The zero-order chi connectivity index (χ0) is 32.5. The molecular formula is C41H67NO3S. The number of allylic oxidation sites excluding steroid dienone is 4. The molecule has 0 heterocycles. The molecule has 0 bridgehead atoms. The average molecular weight is 654 g/mol. The summed E-state index contributed by atoms with van der Waals surface area (Å²) in [4.78, 5) is 0. The summed E-state index contributed by atoms with van der Waals surface area (Å²) in [5.74, 6) is 4.84. The molecule has 0 aromatic rings. The van der Waals surface area contributed by atoms with Crippen LogP contribution >= 0.6 is 0 Å². The van der Waals surface area contributed by atoms with E-state index in [0.29, 0.717) is 22.2 Å². The van der Waals surface area contributed by atoms with Gasteiger partial charge in [-0.15, -0.1) is 0 Å². The molecule has 0 aromatic carbocycles. The number of hydrogen-bond acceptors (Lipinski definition) is 4. The van der Waals surface area contributed by atoms with E-state index < -0.39 is 16.7 Å². The number of fused-ring (bicyclic) bond motifs is 7. The van der Waals surface area contributed by atoms with Gasteiger partial charge in [0, 0.05) is 11.8 Å². The quantitative estimate of drug-likeness (QED) is 0.287. The first-order chi connectivity index (χ1) is 21.8. The van der Waals surface area contributed by atoms with Crippen molar-refractivity contribution < 1.29 is 13.5 Å². The summed E-state index contributed by atoms with van der Waals surface area (Å²) < 4.78 is 17.1. The lowest BCUT2D eigenvalue weighted by molar-refractivity contribution is -0.212. The largest absolute Gasteiger partial charge is 0.390 e. The standard InChI is InChI=1S/C41H67NO3S/c1-28-9-11-30(12-10-28)32-17-20-37(3)33(29(32)2)18-21-39(5)36(37)14-13-34-35-8-7-19-41(35,25-24-38(34,39)4)42-27-26-40(43)22-15-31(16-23-40)45-46(6)44/h11,17,28-29,31,33-36,42-43H,7-10,12-16,18-27H2,1-6H3/t28?,29?,31?,33?,34?,35-,36?,37?,38-,39?,40?,41?,46?/m1/s1. The van der Waals surface area contributed by atoms with Crippen LogP contribution in [0.4, 0.5) is 0 Å². The molecule has 260 valence electrons. The van der Waals surface area contributed by atoms with Crippen LogP contribution in [0.1, 0.15) is 150 Å². The minimum atomic E-state index is -1.22. The van der Waals surface area contributed by atoms with E-state index in [1.54, 1.807) is 17.4 Å². The monoisotopic (exact) mass is 653 g/mol. The number of nitrogens with one attached hydrogen (secondary N) is 1. The molecular weight excluding hydrogens is 587 g/mol. The van der Waals surface area contributed by atoms with Crippen molar-refractivity contribution in [2.75, 3.05) is 12.8 Å². The minimum Gasteiger partial charge on any atom is -0.390 e. The van der Waals surface area contributed by atoms with Crippen LogP contribution in [0, 0.1) is 51.8 Å². The highest BCUT2D eigenvalue weighted by Crippen LogP contribution is 2.75. The summed E-state index contributed by atoms with van der Waals surface area (Å²) in [6.45, 7) is 14.2. The van der Waals surface area contributed by atoms with Gasteiger partial charge in [0.25, 0.3) is 0 Å². The van der Waals surface area contributed by atoms with E-state index in [-0.39, 0.29) is 11.6 Å². The van der Waals surface area contributed by atoms with Crippen LogP contribution in [0.15, 0.2) is 23.3 Å². The van der Waals surface area contributed by atoms with E-state index in [2.05, 4.69) is 52.1 Å². The third-order valence-electron chi connectivity index (χ3n) is 16.8. The van der Waals surface area contributed by atoms with Gasteiger partial charge in [0.15, 0.2) is 11.1 Å². The van der Waals surface area contributed by atoms with E-state index in [4.69, 9.17) is 4.18 Å². The molecule has 2 N–H and O–H groups in total. The predicted octanol–water partition coefficient (Wildman–Crippen LogP) is 9.45. The van der Waals surface area contributed by atoms with Crippen LogP contribution in [0.25, 0.3) is 0 Å². The average Bonchev–Trinajstić information content (AvgIpc) is 3.43. The van der Waals surface area contributed by atoms with Gasteiger partial charge in [0.2, 0.25) is 0 Å². The molecule has 7 rings (SSSR count). The summed E-state index contributed by atoms with van der Waals surface area (Å²) in [5.41, 5.74) is 4.39. The predicted molar refractivity (Wildman–Crippen MR) is 191 cm³/mol. The van der Waals surface area contributed by atoms with Gasteiger partial charge in [-0.1, -0.05) is 53.2 Å². The molecule has 7 aliphatic rings. The van der Waals surface area contributed by atoms with Crippen molar-refractivity contribution in [2.45, 2.75) is 167 Å². The Bertz CT molecular complexity index is 1240. The molecule has 0 spiro atoms. The smallest absolute Gasteiger partial charge is 0.152 e. The van der Waals surface area contributed by atoms with Crippen molar-refractivity contribution in [3.63, 3.8) is 0 Å². The normalized spacial score (nSPS) is 51.2. The molecule has 7 aliphatic carbocycles. The van der Waals surface area contributed by atoms with E-state index in [0.717, 1.165) is 68.2 Å². The molecule has 46 heavy (non-hydrogen) atoms. The Hall–Kier alpha value is -0.490. The van der Waals surface area contributed by atoms with Crippen LogP contribution in [-0.4, -0.2) is 39.4 Å². The first-order valence-electron chi connectivity index (χ1n) is 19.7.